The third-order valence-corrected chi connectivity index (χ3v) is 5.98. The number of carbonyl (C=O) groups is 1. The molecule has 32 heavy (non-hydrogen) atoms. The van der Waals surface area contributed by atoms with Crippen molar-refractivity contribution in [1.29, 1.82) is 0 Å². The highest BCUT2D eigenvalue weighted by Gasteiger charge is 2.35. The lowest BCUT2D eigenvalue weighted by Gasteiger charge is -2.28. The van der Waals surface area contributed by atoms with Gasteiger partial charge in [-0.15, -0.1) is 5.10 Å². The zero-order valence-corrected chi connectivity index (χ0v) is 20.5. The zero-order valence-electron chi connectivity index (χ0n) is 19.7. The number of unbranched alkanes of at least 4 members (excludes halogenated alkanes) is 2. The van der Waals surface area contributed by atoms with Crippen LogP contribution in [0.3, 0.4) is 0 Å². The molecule has 1 atom stereocenters. The third-order valence-electron chi connectivity index (χ3n) is 5.06. The molecule has 0 bridgehead atoms. The molecule has 174 valence electrons. The summed E-state index contributed by atoms with van der Waals surface area (Å²) in [5.74, 6) is 2.02. The number of hydrogen-bond acceptors (Lipinski definition) is 7. The number of carbonyl (C=O) groups excluding carboxylic acids is 1. The molecule has 0 saturated heterocycles. The molecule has 1 aliphatic heterocycles. The molecule has 8 heteroatoms. The molecule has 2 heterocycles. The molecule has 1 aromatic carbocycles. The fourth-order valence-electron chi connectivity index (χ4n) is 3.49. The second-order valence-electron chi connectivity index (χ2n) is 8.16. The van der Waals surface area contributed by atoms with Crippen LogP contribution in [-0.4, -0.2) is 39.2 Å². The fraction of sp³-hybridized carbons (Fsp3) is 0.542. The van der Waals surface area contributed by atoms with E-state index in [1.807, 2.05) is 45.0 Å². The Labute approximate surface area is 195 Å². The number of anilines is 1. The maximum atomic E-state index is 13.1. The number of fused-ring (bicyclic) bond motifs is 1. The second kappa shape index (κ2) is 11.4. The Bertz CT molecular complexity index is 954. The molecular formula is C24H34N4O3S. The van der Waals surface area contributed by atoms with Crippen molar-refractivity contribution < 1.29 is 14.3 Å². The molecule has 7 nitrogen and oxygen atoms in total. The predicted molar refractivity (Wildman–Crippen MR) is 128 cm³/mol. The topological polar surface area (TPSA) is 78.3 Å². The van der Waals surface area contributed by atoms with Gasteiger partial charge in [-0.1, -0.05) is 50.6 Å². The van der Waals surface area contributed by atoms with Gasteiger partial charge in [-0.05, 0) is 51.3 Å². The first-order valence-electron chi connectivity index (χ1n) is 11.4. The number of nitrogens with one attached hydrogen (secondary N) is 1. The summed E-state index contributed by atoms with van der Waals surface area (Å²) in [6, 6.07) is 7.39. The lowest BCUT2D eigenvalue weighted by Crippen LogP contribution is -2.30. The minimum atomic E-state index is -0.441. The van der Waals surface area contributed by atoms with Crippen LogP contribution in [0.4, 0.5) is 5.95 Å². The number of aromatic nitrogens is 3. The third kappa shape index (κ3) is 5.85. The number of nitrogens with zero attached hydrogens (tertiary/aromatic N) is 3. The lowest BCUT2D eigenvalue weighted by atomic mass is 9.95. The summed E-state index contributed by atoms with van der Waals surface area (Å²) in [7, 11) is 0. The van der Waals surface area contributed by atoms with Gasteiger partial charge in [-0.2, -0.15) is 4.98 Å². The maximum absolute atomic E-state index is 13.1. The standard InChI is InChI=1S/C24H34N4O3S/c1-6-8-13-30-22(29)20-17(5)25-23-26-24(32-14-9-7-2)27-28(23)21(20)18-11-10-12-19(15-18)31-16(3)4/h10-12,15-16,21H,6-9,13-14H2,1-5H3,(H,25,26,27). The van der Waals surface area contributed by atoms with Crippen LogP contribution < -0.4 is 10.1 Å². The van der Waals surface area contributed by atoms with Gasteiger partial charge in [0.25, 0.3) is 0 Å². The molecule has 0 saturated carbocycles. The quantitative estimate of drug-likeness (QED) is 0.267. The van der Waals surface area contributed by atoms with E-state index in [2.05, 4.69) is 24.1 Å². The highest BCUT2D eigenvalue weighted by molar-refractivity contribution is 7.99. The summed E-state index contributed by atoms with van der Waals surface area (Å²) >= 11 is 1.63. The van der Waals surface area contributed by atoms with Gasteiger partial charge in [0.05, 0.1) is 18.3 Å². The molecule has 2 aromatic rings. The van der Waals surface area contributed by atoms with E-state index in [0.29, 0.717) is 23.3 Å². The van der Waals surface area contributed by atoms with Gasteiger partial charge in [0.1, 0.15) is 11.8 Å². The van der Waals surface area contributed by atoms with E-state index >= 15 is 0 Å². The molecule has 1 unspecified atom stereocenters. The van der Waals surface area contributed by atoms with Gasteiger partial charge in [-0.3, -0.25) is 0 Å². The van der Waals surface area contributed by atoms with Crippen LogP contribution in [0, 0.1) is 0 Å². The summed E-state index contributed by atoms with van der Waals surface area (Å²) in [4.78, 5) is 17.8. The van der Waals surface area contributed by atoms with Gasteiger partial charge in [0, 0.05) is 11.4 Å². The Morgan fingerprint density at radius 1 is 1.25 bits per heavy atom. The van der Waals surface area contributed by atoms with Crippen LogP contribution >= 0.6 is 11.8 Å². The van der Waals surface area contributed by atoms with Crippen molar-refractivity contribution in [1.82, 2.24) is 14.8 Å². The summed E-state index contributed by atoms with van der Waals surface area (Å²) < 4.78 is 13.3. The SMILES string of the molecule is CCCCOC(=O)C1=C(C)Nc2nc(SCCCC)nn2C1c1cccc(OC(C)C)c1. The van der Waals surface area contributed by atoms with Gasteiger partial charge in [-0.25, -0.2) is 9.48 Å². The molecule has 1 aromatic heterocycles. The molecule has 0 spiro atoms. The van der Waals surface area contributed by atoms with Crippen LogP contribution in [0.5, 0.6) is 5.75 Å². The Balaban J connectivity index is 2.00. The highest BCUT2D eigenvalue weighted by atomic mass is 32.2. The van der Waals surface area contributed by atoms with Gasteiger partial charge in [0.2, 0.25) is 11.1 Å². The van der Waals surface area contributed by atoms with Crippen molar-refractivity contribution >= 4 is 23.7 Å². The van der Waals surface area contributed by atoms with Crippen molar-refractivity contribution in [3.63, 3.8) is 0 Å². The second-order valence-corrected chi connectivity index (χ2v) is 9.22. The normalized spacial score (nSPS) is 15.5. The van der Waals surface area contributed by atoms with E-state index in [1.54, 1.807) is 16.4 Å². The van der Waals surface area contributed by atoms with E-state index in [4.69, 9.17) is 14.6 Å². The smallest absolute Gasteiger partial charge is 0.338 e. The van der Waals surface area contributed by atoms with E-state index in [-0.39, 0.29) is 12.1 Å². The molecule has 0 radical (unpaired) electrons. The van der Waals surface area contributed by atoms with Gasteiger partial charge < -0.3 is 14.8 Å². The fourth-order valence-corrected chi connectivity index (χ4v) is 4.40. The Hall–Kier alpha value is -2.48. The molecule has 0 amide bonds. The van der Waals surface area contributed by atoms with E-state index in [9.17, 15) is 4.79 Å². The Morgan fingerprint density at radius 3 is 2.75 bits per heavy atom. The molecule has 0 fully saturated rings. The van der Waals surface area contributed by atoms with Crippen molar-refractivity contribution in [2.45, 2.75) is 77.6 Å². The maximum Gasteiger partial charge on any atom is 0.338 e. The van der Waals surface area contributed by atoms with Crippen molar-refractivity contribution in [2.75, 3.05) is 17.7 Å². The lowest BCUT2D eigenvalue weighted by molar-refractivity contribution is -0.139. The Morgan fingerprint density at radius 2 is 2.03 bits per heavy atom. The summed E-state index contributed by atoms with van der Waals surface area (Å²) in [5.41, 5.74) is 2.18. The number of ether oxygens (including phenoxy) is 2. The highest BCUT2D eigenvalue weighted by Crippen LogP contribution is 2.37. The molecule has 0 aliphatic carbocycles. The number of allylic oxidation sites excluding steroid dienone is 1. The van der Waals surface area contributed by atoms with E-state index in [0.717, 1.165) is 48.4 Å². The number of benzene rings is 1. The van der Waals surface area contributed by atoms with Crippen LogP contribution in [0.2, 0.25) is 0 Å². The average molecular weight is 459 g/mol. The summed E-state index contributed by atoms with van der Waals surface area (Å²) in [5, 5.41) is 8.72. The summed E-state index contributed by atoms with van der Waals surface area (Å²) in [6.07, 6.45) is 4.08. The Kier molecular flexibility index (Phi) is 8.61. The number of esters is 1. The van der Waals surface area contributed by atoms with Crippen LogP contribution in [0.25, 0.3) is 0 Å². The zero-order chi connectivity index (χ0) is 23.1. The largest absolute Gasteiger partial charge is 0.491 e. The van der Waals surface area contributed by atoms with Crippen LogP contribution in [0.15, 0.2) is 40.7 Å². The monoisotopic (exact) mass is 458 g/mol. The van der Waals surface area contributed by atoms with Crippen molar-refractivity contribution in [3.05, 3.63) is 41.1 Å². The number of thioether (sulfide) groups is 1. The van der Waals surface area contributed by atoms with Gasteiger partial charge in [0.15, 0.2) is 0 Å². The summed E-state index contributed by atoms with van der Waals surface area (Å²) in [6.45, 7) is 10.5. The minimum Gasteiger partial charge on any atom is -0.491 e. The van der Waals surface area contributed by atoms with Crippen LogP contribution in [0.1, 0.15) is 71.9 Å². The number of rotatable bonds is 11. The minimum absolute atomic E-state index is 0.0533. The number of hydrogen-bond donors (Lipinski definition) is 1. The molecule has 1 N–H and O–H groups in total. The predicted octanol–water partition coefficient (Wildman–Crippen LogP) is 5.59. The molecular weight excluding hydrogens is 424 g/mol. The molecule has 1 aliphatic rings. The molecule has 3 rings (SSSR count). The van der Waals surface area contributed by atoms with E-state index < -0.39 is 6.04 Å². The average Bonchev–Trinajstić information content (AvgIpc) is 3.15. The van der Waals surface area contributed by atoms with Crippen molar-refractivity contribution in [3.8, 4) is 5.75 Å². The first kappa shape index (κ1) is 24.2. The first-order valence-corrected chi connectivity index (χ1v) is 12.4. The van der Waals surface area contributed by atoms with Gasteiger partial charge >= 0.3 is 5.97 Å². The van der Waals surface area contributed by atoms with Crippen molar-refractivity contribution in [2.24, 2.45) is 0 Å². The first-order chi connectivity index (χ1) is 15.4. The van der Waals surface area contributed by atoms with Crippen LogP contribution in [-0.2, 0) is 9.53 Å². The van der Waals surface area contributed by atoms with E-state index in [1.165, 1.54) is 0 Å².